The molecule has 1 heterocycles. The van der Waals surface area contributed by atoms with Gasteiger partial charge < -0.3 is 10.1 Å². The van der Waals surface area contributed by atoms with Crippen LogP contribution in [0.1, 0.15) is 5.69 Å². The Hall–Kier alpha value is -1.85. The summed E-state index contributed by atoms with van der Waals surface area (Å²) in [6.07, 6.45) is 1.83. The Bertz CT molecular complexity index is 538. The second-order valence-corrected chi connectivity index (χ2v) is 4.75. The van der Waals surface area contributed by atoms with E-state index in [1.165, 1.54) is 0 Å². The van der Waals surface area contributed by atoms with Crippen molar-refractivity contribution in [1.29, 1.82) is 0 Å². The number of nitrogens with one attached hydrogen (secondary N) is 1. The van der Waals surface area contributed by atoms with Gasteiger partial charge in [-0.05, 0) is 32.3 Å². The maximum atomic E-state index is 5.41. The molecule has 0 spiro atoms. The highest BCUT2D eigenvalue weighted by Crippen LogP contribution is 2.23. The van der Waals surface area contributed by atoms with E-state index in [0.29, 0.717) is 0 Å². The molecule has 0 aliphatic carbocycles. The number of aromatic nitrogens is 2. The minimum atomic E-state index is 0.829. The van der Waals surface area contributed by atoms with Gasteiger partial charge in [-0.15, -0.1) is 0 Å². The summed E-state index contributed by atoms with van der Waals surface area (Å²) in [4.78, 5) is 2.26. The predicted molar refractivity (Wildman–Crippen MR) is 80.4 cm³/mol. The first-order chi connectivity index (χ1) is 9.76. The molecule has 0 radical (unpaired) electrons. The highest BCUT2D eigenvalue weighted by Gasteiger charge is 2.11. The second kappa shape index (κ2) is 7.07. The van der Waals surface area contributed by atoms with Crippen LogP contribution in [0.25, 0.3) is 5.69 Å². The number of hydrogen-bond acceptors (Lipinski definition) is 4. The van der Waals surface area contributed by atoms with E-state index in [2.05, 4.69) is 22.4 Å². The third-order valence-corrected chi connectivity index (χ3v) is 3.21. The average molecular weight is 274 g/mol. The first-order valence-corrected chi connectivity index (χ1v) is 6.75. The number of para-hydroxylation sites is 2. The monoisotopic (exact) mass is 274 g/mol. The number of benzene rings is 1. The summed E-state index contributed by atoms with van der Waals surface area (Å²) in [6, 6.07) is 9.97. The molecule has 1 aromatic carbocycles. The zero-order chi connectivity index (χ0) is 14.4. The molecule has 1 aromatic heterocycles. The van der Waals surface area contributed by atoms with Crippen LogP contribution < -0.4 is 10.1 Å². The summed E-state index contributed by atoms with van der Waals surface area (Å²) in [5.74, 6) is 0.829. The predicted octanol–water partition coefficient (Wildman–Crippen LogP) is 1.53. The quantitative estimate of drug-likeness (QED) is 0.831. The van der Waals surface area contributed by atoms with Crippen molar-refractivity contribution in [2.45, 2.75) is 6.54 Å². The lowest BCUT2D eigenvalue weighted by Crippen LogP contribution is -2.27. The van der Waals surface area contributed by atoms with E-state index in [0.717, 1.165) is 36.8 Å². The molecule has 0 amide bonds. The number of hydrogen-bond donors (Lipinski definition) is 1. The lowest BCUT2D eigenvalue weighted by molar-refractivity contribution is 0.320. The van der Waals surface area contributed by atoms with Gasteiger partial charge in [-0.2, -0.15) is 5.10 Å². The zero-order valence-corrected chi connectivity index (χ0v) is 12.3. The van der Waals surface area contributed by atoms with Gasteiger partial charge in [0, 0.05) is 25.8 Å². The first-order valence-electron chi connectivity index (χ1n) is 6.75. The summed E-state index contributed by atoms with van der Waals surface area (Å²) in [6.45, 7) is 2.81. The molecule has 0 bridgehead atoms. The Labute approximate surface area is 120 Å². The van der Waals surface area contributed by atoms with Gasteiger partial charge >= 0.3 is 0 Å². The van der Waals surface area contributed by atoms with Crippen LogP contribution in [0.5, 0.6) is 5.75 Å². The van der Waals surface area contributed by atoms with Crippen LogP contribution in [-0.4, -0.2) is 49.0 Å². The molecule has 5 heteroatoms. The summed E-state index contributed by atoms with van der Waals surface area (Å²) >= 11 is 0. The number of likely N-dealkylation sites (N-methyl/N-ethyl adjacent to an activating group) is 2. The Balaban J connectivity index is 2.20. The van der Waals surface area contributed by atoms with E-state index < -0.39 is 0 Å². The van der Waals surface area contributed by atoms with E-state index in [1.807, 2.05) is 48.3 Å². The van der Waals surface area contributed by atoms with Gasteiger partial charge in [0.1, 0.15) is 11.4 Å². The maximum absolute atomic E-state index is 5.41. The van der Waals surface area contributed by atoms with Crippen molar-refractivity contribution in [2.75, 3.05) is 34.3 Å². The van der Waals surface area contributed by atoms with E-state index in [1.54, 1.807) is 7.11 Å². The van der Waals surface area contributed by atoms with Crippen molar-refractivity contribution in [1.82, 2.24) is 20.0 Å². The van der Waals surface area contributed by atoms with Crippen molar-refractivity contribution in [2.24, 2.45) is 0 Å². The molecule has 0 aliphatic heterocycles. The lowest BCUT2D eigenvalue weighted by atomic mass is 10.3. The molecule has 0 unspecified atom stereocenters. The van der Waals surface area contributed by atoms with Crippen LogP contribution in [0.3, 0.4) is 0 Å². The molecular formula is C15H22N4O. The van der Waals surface area contributed by atoms with Crippen LogP contribution in [0.4, 0.5) is 0 Å². The maximum Gasteiger partial charge on any atom is 0.144 e. The Morgan fingerprint density at radius 1 is 1.30 bits per heavy atom. The van der Waals surface area contributed by atoms with Gasteiger partial charge in [0.25, 0.3) is 0 Å². The molecule has 20 heavy (non-hydrogen) atoms. The lowest BCUT2D eigenvalue weighted by Gasteiger charge is -2.18. The SMILES string of the molecule is CNCCN(C)Cc1ccnn1-c1ccccc1OC. The van der Waals surface area contributed by atoms with E-state index >= 15 is 0 Å². The van der Waals surface area contributed by atoms with Gasteiger partial charge in [-0.3, -0.25) is 4.90 Å². The highest BCUT2D eigenvalue weighted by molar-refractivity contribution is 5.46. The Kier molecular flexibility index (Phi) is 5.15. The molecule has 0 aliphatic rings. The van der Waals surface area contributed by atoms with Gasteiger partial charge in [0.05, 0.1) is 12.8 Å². The fourth-order valence-corrected chi connectivity index (χ4v) is 2.13. The zero-order valence-electron chi connectivity index (χ0n) is 12.3. The summed E-state index contributed by atoms with van der Waals surface area (Å²) < 4.78 is 7.35. The molecule has 0 fully saturated rings. The summed E-state index contributed by atoms with van der Waals surface area (Å²) in [7, 11) is 5.75. The molecule has 108 valence electrons. The van der Waals surface area contributed by atoms with Crippen molar-refractivity contribution >= 4 is 0 Å². The molecule has 0 saturated carbocycles. The molecular weight excluding hydrogens is 252 g/mol. The molecule has 5 nitrogen and oxygen atoms in total. The highest BCUT2D eigenvalue weighted by atomic mass is 16.5. The van der Waals surface area contributed by atoms with Crippen molar-refractivity contribution in [3.05, 3.63) is 42.2 Å². The standard InChI is InChI=1S/C15H22N4O/c1-16-10-11-18(2)12-13-8-9-17-19(13)14-6-4-5-7-15(14)20-3/h4-9,16H,10-12H2,1-3H3. The summed E-state index contributed by atoms with van der Waals surface area (Å²) in [5, 5.41) is 7.58. The fourth-order valence-electron chi connectivity index (χ4n) is 2.13. The number of rotatable bonds is 7. The largest absolute Gasteiger partial charge is 0.494 e. The van der Waals surface area contributed by atoms with Gasteiger partial charge in [0.2, 0.25) is 0 Å². The molecule has 0 atom stereocenters. The molecule has 2 rings (SSSR count). The van der Waals surface area contributed by atoms with Gasteiger partial charge in [-0.25, -0.2) is 4.68 Å². The van der Waals surface area contributed by atoms with Crippen molar-refractivity contribution < 1.29 is 4.74 Å². The Morgan fingerprint density at radius 2 is 2.10 bits per heavy atom. The third-order valence-electron chi connectivity index (χ3n) is 3.21. The minimum absolute atomic E-state index is 0.829. The molecule has 2 aromatic rings. The normalized spacial score (nSPS) is 11.0. The van der Waals surface area contributed by atoms with Gasteiger partial charge in [-0.1, -0.05) is 12.1 Å². The van der Waals surface area contributed by atoms with E-state index in [9.17, 15) is 0 Å². The smallest absolute Gasteiger partial charge is 0.144 e. The Morgan fingerprint density at radius 3 is 2.85 bits per heavy atom. The minimum Gasteiger partial charge on any atom is -0.494 e. The third kappa shape index (κ3) is 3.37. The van der Waals surface area contributed by atoms with Crippen LogP contribution in [0.2, 0.25) is 0 Å². The molecule has 0 saturated heterocycles. The number of methoxy groups -OCH3 is 1. The topological polar surface area (TPSA) is 42.3 Å². The number of ether oxygens (including phenoxy) is 1. The first kappa shape index (κ1) is 14.6. The average Bonchev–Trinajstić information content (AvgIpc) is 2.93. The number of nitrogens with zero attached hydrogens (tertiary/aromatic N) is 3. The van der Waals surface area contributed by atoms with E-state index in [4.69, 9.17) is 4.74 Å². The van der Waals surface area contributed by atoms with Crippen LogP contribution >= 0.6 is 0 Å². The van der Waals surface area contributed by atoms with Crippen molar-refractivity contribution in [3.63, 3.8) is 0 Å². The molecule has 1 N–H and O–H groups in total. The summed E-state index contributed by atoms with van der Waals surface area (Å²) in [5.41, 5.74) is 2.12. The van der Waals surface area contributed by atoms with E-state index in [-0.39, 0.29) is 0 Å². The van der Waals surface area contributed by atoms with Crippen LogP contribution in [0, 0.1) is 0 Å². The fraction of sp³-hybridized carbons (Fsp3) is 0.400. The van der Waals surface area contributed by atoms with Crippen molar-refractivity contribution in [3.8, 4) is 11.4 Å². The second-order valence-electron chi connectivity index (χ2n) is 4.75. The van der Waals surface area contributed by atoms with Crippen LogP contribution in [0.15, 0.2) is 36.5 Å². The van der Waals surface area contributed by atoms with Crippen LogP contribution in [-0.2, 0) is 6.54 Å². The van der Waals surface area contributed by atoms with Gasteiger partial charge in [0.15, 0.2) is 0 Å².